The van der Waals surface area contributed by atoms with E-state index in [-0.39, 0.29) is 17.2 Å². The minimum atomic E-state index is -0.134. The Morgan fingerprint density at radius 2 is 2.04 bits per heavy atom. The van der Waals surface area contributed by atoms with Gasteiger partial charge < -0.3 is 5.32 Å². The molecule has 0 spiro atoms. The molecule has 0 fully saturated rings. The molecule has 3 aromatic rings. The smallest absolute Gasteiger partial charge is 0.263 e. The normalized spacial score (nSPS) is 10.9. The van der Waals surface area contributed by atoms with Crippen LogP contribution in [0.15, 0.2) is 46.5 Å². The average molecular weight is 382 g/mol. The third-order valence-electron chi connectivity index (χ3n) is 4.35. The summed E-state index contributed by atoms with van der Waals surface area (Å²) in [6, 6.07) is 9.42. The van der Waals surface area contributed by atoms with Crippen LogP contribution in [-0.2, 0) is 17.8 Å². The van der Waals surface area contributed by atoms with Gasteiger partial charge in [-0.2, -0.15) is 0 Å². The van der Waals surface area contributed by atoms with E-state index in [0.29, 0.717) is 22.7 Å². The Bertz CT molecular complexity index is 1050. The van der Waals surface area contributed by atoms with Crippen molar-refractivity contribution in [3.8, 4) is 0 Å². The molecule has 0 saturated heterocycles. The third-order valence-corrected chi connectivity index (χ3v) is 5.32. The van der Waals surface area contributed by atoms with Gasteiger partial charge in [-0.15, -0.1) is 0 Å². The van der Waals surface area contributed by atoms with Gasteiger partial charge in [-0.1, -0.05) is 36.9 Å². The van der Waals surface area contributed by atoms with E-state index in [0.717, 1.165) is 23.2 Å². The van der Waals surface area contributed by atoms with Crippen LogP contribution in [0.1, 0.15) is 25.0 Å². The van der Waals surface area contributed by atoms with Crippen molar-refractivity contribution in [1.29, 1.82) is 0 Å². The molecule has 140 valence electrons. The highest BCUT2D eigenvalue weighted by Crippen LogP contribution is 2.22. The molecule has 0 saturated carbocycles. The number of hydrogen-bond donors (Lipinski definition) is 1. The summed E-state index contributed by atoms with van der Waals surface area (Å²) in [5, 5.41) is 3.99. The standard InChI is InChI=1S/C20H22N4O2S/c1-4-14-9-6-8-13(3)17(14)22-16(25)12-27-20-23-18-15(10-7-11-21-18)19(26)24(20)5-2/h6-11H,4-5,12H2,1-3H3,(H,22,25). The fourth-order valence-electron chi connectivity index (χ4n) is 2.93. The summed E-state index contributed by atoms with van der Waals surface area (Å²) >= 11 is 1.25. The average Bonchev–Trinajstić information content (AvgIpc) is 2.68. The molecule has 6 nitrogen and oxygen atoms in total. The molecule has 0 bridgehead atoms. The van der Waals surface area contributed by atoms with E-state index in [4.69, 9.17) is 0 Å². The Morgan fingerprint density at radius 1 is 1.22 bits per heavy atom. The molecule has 27 heavy (non-hydrogen) atoms. The Labute approximate surface area is 162 Å². The largest absolute Gasteiger partial charge is 0.325 e. The highest BCUT2D eigenvalue weighted by Gasteiger charge is 2.14. The van der Waals surface area contributed by atoms with Gasteiger partial charge in [0.1, 0.15) is 0 Å². The van der Waals surface area contributed by atoms with Gasteiger partial charge in [0.15, 0.2) is 10.8 Å². The highest BCUT2D eigenvalue weighted by atomic mass is 32.2. The van der Waals surface area contributed by atoms with Crippen molar-refractivity contribution in [2.75, 3.05) is 11.1 Å². The van der Waals surface area contributed by atoms with E-state index in [1.165, 1.54) is 11.8 Å². The first-order chi connectivity index (χ1) is 13.0. The van der Waals surface area contributed by atoms with Crippen LogP contribution < -0.4 is 10.9 Å². The number of para-hydroxylation sites is 1. The first-order valence-corrected chi connectivity index (χ1v) is 9.90. The molecule has 0 radical (unpaired) electrons. The van der Waals surface area contributed by atoms with Crippen LogP contribution in [0.3, 0.4) is 0 Å². The van der Waals surface area contributed by atoms with E-state index in [2.05, 4.69) is 22.2 Å². The number of amides is 1. The topological polar surface area (TPSA) is 76.9 Å². The molecule has 2 aromatic heterocycles. The molecule has 1 N–H and O–H groups in total. The van der Waals surface area contributed by atoms with Crippen LogP contribution in [0.25, 0.3) is 11.0 Å². The van der Waals surface area contributed by atoms with Gasteiger partial charge in [-0.3, -0.25) is 14.2 Å². The maximum absolute atomic E-state index is 12.6. The van der Waals surface area contributed by atoms with E-state index >= 15 is 0 Å². The van der Waals surface area contributed by atoms with E-state index in [9.17, 15) is 9.59 Å². The van der Waals surface area contributed by atoms with Gasteiger partial charge in [0.2, 0.25) is 5.91 Å². The fourth-order valence-corrected chi connectivity index (χ4v) is 3.78. The number of benzene rings is 1. The Morgan fingerprint density at radius 3 is 2.78 bits per heavy atom. The van der Waals surface area contributed by atoms with Crippen LogP contribution in [0, 0.1) is 6.92 Å². The highest BCUT2D eigenvalue weighted by molar-refractivity contribution is 7.99. The summed E-state index contributed by atoms with van der Waals surface area (Å²) in [6.07, 6.45) is 2.45. The minimum Gasteiger partial charge on any atom is -0.325 e. The van der Waals surface area contributed by atoms with Crippen molar-refractivity contribution >= 4 is 34.4 Å². The zero-order chi connectivity index (χ0) is 19.4. The second-order valence-corrected chi connectivity index (χ2v) is 7.06. The van der Waals surface area contributed by atoms with Crippen LogP contribution in [0.5, 0.6) is 0 Å². The van der Waals surface area contributed by atoms with Crippen molar-refractivity contribution in [1.82, 2.24) is 14.5 Å². The summed E-state index contributed by atoms with van der Waals surface area (Å²) in [5.41, 5.74) is 3.28. The molecular formula is C20H22N4O2S. The zero-order valence-corrected chi connectivity index (χ0v) is 16.5. The monoisotopic (exact) mass is 382 g/mol. The minimum absolute atomic E-state index is 0.123. The predicted molar refractivity (Wildman–Crippen MR) is 109 cm³/mol. The molecule has 2 heterocycles. The lowest BCUT2D eigenvalue weighted by Gasteiger charge is -2.14. The van der Waals surface area contributed by atoms with Gasteiger partial charge in [0.25, 0.3) is 5.56 Å². The first kappa shape index (κ1) is 19.1. The molecule has 0 unspecified atom stereocenters. The Kier molecular flexibility index (Phi) is 5.91. The molecule has 1 aromatic carbocycles. The van der Waals surface area contributed by atoms with Crippen LogP contribution >= 0.6 is 11.8 Å². The van der Waals surface area contributed by atoms with Crippen LogP contribution in [0.2, 0.25) is 0 Å². The van der Waals surface area contributed by atoms with Gasteiger partial charge in [0, 0.05) is 18.4 Å². The molecule has 0 atom stereocenters. The van der Waals surface area contributed by atoms with Gasteiger partial charge in [-0.05, 0) is 43.5 Å². The number of thioether (sulfide) groups is 1. The summed E-state index contributed by atoms with van der Waals surface area (Å²) < 4.78 is 1.58. The number of carbonyl (C=O) groups is 1. The molecule has 0 aliphatic rings. The molecular weight excluding hydrogens is 360 g/mol. The number of carbonyl (C=O) groups excluding carboxylic acids is 1. The lowest BCUT2D eigenvalue weighted by atomic mass is 10.1. The number of pyridine rings is 1. The number of nitrogens with zero attached hydrogens (tertiary/aromatic N) is 3. The quantitative estimate of drug-likeness (QED) is 0.522. The van der Waals surface area contributed by atoms with E-state index in [1.807, 2.05) is 32.0 Å². The van der Waals surface area contributed by atoms with Gasteiger partial charge in [-0.25, -0.2) is 9.97 Å². The molecule has 7 heteroatoms. The molecule has 0 aliphatic heterocycles. The molecule has 3 rings (SSSR count). The Balaban J connectivity index is 1.81. The number of rotatable bonds is 6. The van der Waals surface area contributed by atoms with Gasteiger partial charge in [0.05, 0.1) is 11.1 Å². The number of nitrogens with one attached hydrogen (secondary N) is 1. The maximum atomic E-state index is 12.6. The number of aromatic nitrogens is 3. The second-order valence-electron chi connectivity index (χ2n) is 6.12. The molecule has 0 aliphatic carbocycles. The molecule has 1 amide bonds. The lowest BCUT2D eigenvalue weighted by Crippen LogP contribution is -2.24. The summed E-state index contributed by atoms with van der Waals surface area (Å²) in [6.45, 7) is 6.41. The summed E-state index contributed by atoms with van der Waals surface area (Å²) in [4.78, 5) is 33.7. The summed E-state index contributed by atoms with van der Waals surface area (Å²) in [5.74, 6) is 0.0458. The van der Waals surface area contributed by atoms with Crippen molar-refractivity contribution in [2.45, 2.75) is 38.9 Å². The second kappa shape index (κ2) is 8.35. The summed E-state index contributed by atoms with van der Waals surface area (Å²) in [7, 11) is 0. The third kappa shape index (κ3) is 4.03. The van der Waals surface area contributed by atoms with Crippen molar-refractivity contribution < 1.29 is 4.79 Å². The van der Waals surface area contributed by atoms with Gasteiger partial charge >= 0.3 is 0 Å². The van der Waals surface area contributed by atoms with Crippen molar-refractivity contribution in [2.24, 2.45) is 0 Å². The first-order valence-electron chi connectivity index (χ1n) is 8.91. The van der Waals surface area contributed by atoms with Crippen LogP contribution in [0.4, 0.5) is 5.69 Å². The van der Waals surface area contributed by atoms with Crippen LogP contribution in [-0.4, -0.2) is 26.2 Å². The SMILES string of the molecule is CCc1cccc(C)c1NC(=O)CSc1nc2ncccc2c(=O)n1CC. The van der Waals surface area contributed by atoms with Crippen molar-refractivity contribution in [3.05, 3.63) is 58.0 Å². The maximum Gasteiger partial charge on any atom is 0.263 e. The Hall–Kier alpha value is -2.67. The predicted octanol–water partition coefficient (Wildman–Crippen LogP) is 3.41. The number of hydrogen-bond acceptors (Lipinski definition) is 5. The number of aryl methyl sites for hydroxylation is 2. The van der Waals surface area contributed by atoms with Crippen molar-refractivity contribution in [3.63, 3.8) is 0 Å². The number of anilines is 1. The number of fused-ring (bicyclic) bond motifs is 1. The van der Waals surface area contributed by atoms with E-state index in [1.54, 1.807) is 22.9 Å². The fraction of sp³-hybridized carbons (Fsp3) is 0.300. The lowest BCUT2D eigenvalue weighted by molar-refractivity contribution is -0.113. The zero-order valence-electron chi connectivity index (χ0n) is 15.7. The van der Waals surface area contributed by atoms with E-state index < -0.39 is 0 Å².